The van der Waals surface area contributed by atoms with E-state index in [-0.39, 0.29) is 35.8 Å². The zero-order valence-corrected chi connectivity index (χ0v) is 18.6. The molecule has 0 fully saturated rings. The fourth-order valence-corrected chi connectivity index (χ4v) is 2.88. The number of guanidine groups is 1. The van der Waals surface area contributed by atoms with Crippen molar-refractivity contribution in [3.05, 3.63) is 35.4 Å². The topological polar surface area (TPSA) is 79.8 Å². The summed E-state index contributed by atoms with van der Waals surface area (Å²) >= 11 is 0. The van der Waals surface area contributed by atoms with Crippen molar-refractivity contribution in [2.75, 3.05) is 25.7 Å². The summed E-state index contributed by atoms with van der Waals surface area (Å²) in [5, 5.41) is 6.43. The van der Waals surface area contributed by atoms with E-state index in [4.69, 9.17) is 4.74 Å². The molecule has 0 radical (unpaired) electrons. The summed E-state index contributed by atoms with van der Waals surface area (Å²) in [5.74, 6) is 0.862. The van der Waals surface area contributed by atoms with Crippen molar-refractivity contribution < 1.29 is 13.2 Å². The second-order valence-corrected chi connectivity index (χ2v) is 8.17. The number of hydrogen-bond acceptors (Lipinski definition) is 4. The van der Waals surface area contributed by atoms with Crippen molar-refractivity contribution >= 4 is 39.8 Å². The molecule has 0 bridgehead atoms. The fraction of sp³-hybridized carbons (Fsp3) is 0.588. The van der Waals surface area contributed by atoms with Crippen LogP contribution in [0, 0.1) is 0 Å². The van der Waals surface area contributed by atoms with Gasteiger partial charge in [-0.25, -0.2) is 13.4 Å². The first-order valence-electron chi connectivity index (χ1n) is 8.13. The van der Waals surface area contributed by atoms with Crippen LogP contribution in [0.25, 0.3) is 0 Å². The molecule has 0 aromatic heterocycles. The number of halogens is 1. The highest BCUT2D eigenvalue weighted by atomic mass is 127. The van der Waals surface area contributed by atoms with Crippen molar-refractivity contribution in [1.29, 1.82) is 0 Å². The Kier molecular flexibility index (Phi) is 12.0. The maximum Gasteiger partial charge on any atom is 0.191 e. The minimum absolute atomic E-state index is 0. The smallest absolute Gasteiger partial charge is 0.191 e. The van der Waals surface area contributed by atoms with Gasteiger partial charge in [0, 0.05) is 26.0 Å². The summed E-state index contributed by atoms with van der Waals surface area (Å²) < 4.78 is 27.6. The SMILES string of the molecule is CCNC(=NCc1ccc(COC)cc1)NC(C)CCS(C)(=O)=O.I. The van der Waals surface area contributed by atoms with Crippen molar-refractivity contribution in [3.8, 4) is 0 Å². The first kappa shape index (κ1) is 24.1. The molecule has 1 rings (SSSR count). The summed E-state index contributed by atoms with van der Waals surface area (Å²) in [4.78, 5) is 4.56. The Hall–Kier alpha value is -0.870. The lowest BCUT2D eigenvalue weighted by Crippen LogP contribution is -2.42. The minimum atomic E-state index is -2.94. The standard InChI is InChI=1S/C17H29N3O3S.HI/c1-5-18-17(20-14(2)10-11-24(4,21)22)19-12-15-6-8-16(9-7-15)13-23-3;/h6-9,14H,5,10-13H2,1-4H3,(H2,18,19,20);1H. The molecule has 1 aromatic rings. The maximum absolute atomic E-state index is 11.2. The van der Waals surface area contributed by atoms with Crippen LogP contribution in [0.3, 0.4) is 0 Å². The zero-order valence-electron chi connectivity index (χ0n) is 15.4. The second kappa shape index (κ2) is 12.5. The molecule has 0 saturated carbocycles. The quantitative estimate of drug-likeness (QED) is 0.320. The number of ether oxygens (including phenoxy) is 1. The van der Waals surface area contributed by atoms with Gasteiger partial charge in [0.15, 0.2) is 5.96 Å². The van der Waals surface area contributed by atoms with Gasteiger partial charge in [0.2, 0.25) is 0 Å². The molecule has 1 aromatic carbocycles. The molecule has 6 nitrogen and oxygen atoms in total. The van der Waals surface area contributed by atoms with Crippen LogP contribution in [0.5, 0.6) is 0 Å². The van der Waals surface area contributed by atoms with Gasteiger partial charge in [-0.05, 0) is 31.4 Å². The van der Waals surface area contributed by atoms with Crippen LogP contribution in [0.15, 0.2) is 29.3 Å². The summed E-state index contributed by atoms with van der Waals surface area (Å²) in [7, 11) is -1.26. The van der Waals surface area contributed by atoms with Gasteiger partial charge in [-0.2, -0.15) is 0 Å². The van der Waals surface area contributed by atoms with E-state index in [1.807, 2.05) is 38.1 Å². The van der Waals surface area contributed by atoms with E-state index >= 15 is 0 Å². The van der Waals surface area contributed by atoms with Crippen LogP contribution in [0.4, 0.5) is 0 Å². The predicted molar refractivity (Wildman–Crippen MR) is 114 cm³/mol. The Balaban J connectivity index is 0.00000576. The maximum atomic E-state index is 11.2. The zero-order chi connectivity index (χ0) is 18.0. The molecule has 144 valence electrons. The summed E-state index contributed by atoms with van der Waals surface area (Å²) in [6, 6.07) is 8.16. The van der Waals surface area contributed by atoms with Crippen molar-refractivity contribution in [2.45, 2.75) is 39.5 Å². The highest BCUT2D eigenvalue weighted by Crippen LogP contribution is 2.06. The van der Waals surface area contributed by atoms with Crippen molar-refractivity contribution in [1.82, 2.24) is 10.6 Å². The Morgan fingerprint density at radius 2 is 1.84 bits per heavy atom. The van der Waals surface area contributed by atoms with Crippen LogP contribution in [0.2, 0.25) is 0 Å². The summed E-state index contributed by atoms with van der Waals surface area (Å²) in [5.41, 5.74) is 2.24. The Labute approximate surface area is 168 Å². The van der Waals surface area contributed by atoms with E-state index in [0.717, 1.165) is 17.7 Å². The molecule has 0 aliphatic carbocycles. The van der Waals surface area contributed by atoms with Crippen molar-refractivity contribution in [3.63, 3.8) is 0 Å². The van der Waals surface area contributed by atoms with Gasteiger partial charge >= 0.3 is 0 Å². The first-order valence-corrected chi connectivity index (χ1v) is 10.2. The summed E-state index contributed by atoms with van der Waals surface area (Å²) in [6.45, 7) is 5.86. The van der Waals surface area contributed by atoms with E-state index < -0.39 is 9.84 Å². The third-order valence-electron chi connectivity index (χ3n) is 3.40. The molecular weight excluding hydrogens is 453 g/mol. The predicted octanol–water partition coefficient (Wildman–Crippen LogP) is 2.33. The van der Waals surface area contributed by atoms with Gasteiger partial charge in [-0.15, -0.1) is 24.0 Å². The number of methoxy groups -OCH3 is 1. The number of nitrogens with zero attached hydrogens (tertiary/aromatic N) is 1. The number of rotatable bonds is 9. The number of aliphatic imine (C=N–C) groups is 1. The Morgan fingerprint density at radius 3 is 2.36 bits per heavy atom. The third-order valence-corrected chi connectivity index (χ3v) is 4.38. The molecule has 1 unspecified atom stereocenters. The van der Waals surface area contributed by atoms with Gasteiger partial charge < -0.3 is 15.4 Å². The molecular formula is C17H30IN3O3S. The van der Waals surface area contributed by atoms with Gasteiger partial charge in [0.05, 0.1) is 18.9 Å². The Morgan fingerprint density at radius 1 is 1.24 bits per heavy atom. The highest BCUT2D eigenvalue weighted by molar-refractivity contribution is 14.0. The molecule has 0 aliphatic heterocycles. The molecule has 25 heavy (non-hydrogen) atoms. The lowest BCUT2D eigenvalue weighted by Gasteiger charge is -2.17. The molecule has 0 heterocycles. The van der Waals surface area contributed by atoms with Crippen molar-refractivity contribution in [2.24, 2.45) is 4.99 Å². The van der Waals surface area contributed by atoms with Gasteiger partial charge in [-0.3, -0.25) is 0 Å². The molecule has 1 atom stereocenters. The van der Waals surface area contributed by atoms with Gasteiger partial charge in [0.1, 0.15) is 9.84 Å². The van der Waals surface area contributed by atoms with Gasteiger partial charge in [0.25, 0.3) is 0 Å². The molecule has 2 N–H and O–H groups in total. The second-order valence-electron chi connectivity index (χ2n) is 5.91. The van der Waals surface area contributed by atoms with E-state index in [0.29, 0.717) is 25.5 Å². The first-order chi connectivity index (χ1) is 11.3. The molecule has 8 heteroatoms. The van der Waals surface area contributed by atoms with E-state index in [9.17, 15) is 8.42 Å². The lowest BCUT2D eigenvalue weighted by molar-refractivity contribution is 0.185. The van der Waals surface area contributed by atoms with Crippen LogP contribution >= 0.6 is 24.0 Å². The minimum Gasteiger partial charge on any atom is -0.380 e. The third kappa shape index (κ3) is 11.4. The number of benzene rings is 1. The van der Waals surface area contributed by atoms with Crippen LogP contribution in [-0.2, 0) is 27.7 Å². The van der Waals surface area contributed by atoms with E-state index in [1.165, 1.54) is 6.26 Å². The Bertz CT molecular complexity index is 619. The van der Waals surface area contributed by atoms with Crippen LogP contribution < -0.4 is 10.6 Å². The number of nitrogens with one attached hydrogen (secondary N) is 2. The largest absolute Gasteiger partial charge is 0.380 e. The average Bonchev–Trinajstić information content (AvgIpc) is 2.52. The average molecular weight is 483 g/mol. The summed E-state index contributed by atoms with van der Waals surface area (Å²) in [6.07, 6.45) is 1.81. The molecule has 0 amide bonds. The van der Waals surface area contributed by atoms with Crippen LogP contribution in [0.1, 0.15) is 31.4 Å². The van der Waals surface area contributed by atoms with E-state index in [1.54, 1.807) is 7.11 Å². The lowest BCUT2D eigenvalue weighted by atomic mass is 10.1. The van der Waals surface area contributed by atoms with Crippen LogP contribution in [-0.4, -0.2) is 46.1 Å². The normalized spacial score (nSPS) is 13.0. The molecule has 0 spiro atoms. The highest BCUT2D eigenvalue weighted by Gasteiger charge is 2.09. The number of sulfone groups is 1. The molecule has 0 aliphatic rings. The van der Waals surface area contributed by atoms with E-state index in [2.05, 4.69) is 15.6 Å². The number of hydrogen-bond donors (Lipinski definition) is 2. The van der Waals surface area contributed by atoms with Gasteiger partial charge in [-0.1, -0.05) is 24.3 Å². The monoisotopic (exact) mass is 483 g/mol. The fourth-order valence-electron chi connectivity index (χ4n) is 2.09. The molecule has 0 saturated heterocycles.